The lowest BCUT2D eigenvalue weighted by molar-refractivity contribution is -0.0939. The van der Waals surface area contributed by atoms with E-state index in [9.17, 15) is 0 Å². The number of benzene rings is 1. The van der Waals surface area contributed by atoms with Crippen molar-refractivity contribution >= 4 is 5.71 Å². The molecule has 1 saturated heterocycles. The Labute approximate surface area is 100 Å². The Morgan fingerprint density at radius 3 is 3.00 bits per heavy atom. The van der Waals surface area contributed by atoms with Crippen molar-refractivity contribution in [1.82, 2.24) is 0 Å². The van der Waals surface area contributed by atoms with Crippen LogP contribution in [0.25, 0.3) is 0 Å². The van der Waals surface area contributed by atoms with E-state index in [2.05, 4.69) is 36.3 Å². The molecular formula is C14H15NO2. The highest BCUT2D eigenvalue weighted by Gasteiger charge is 2.65. The normalized spacial score (nSPS) is 40.8. The molecule has 3 aliphatic rings. The quantitative estimate of drug-likeness (QED) is 0.741. The molecule has 1 aromatic rings. The van der Waals surface area contributed by atoms with Crippen LogP contribution in [0.1, 0.15) is 37.5 Å². The van der Waals surface area contributed by atoms with Gasteiger partial charge in [-0.15, -0.1) is 0 Å². The second kappa shape index (κ2) is 2.91. The zero-order valence-electron chi connectivity index (χ0n) is 10.0. The van der Waals surface area contributed by atoms with E-state index in [4.69, 9.17) is 9.57 Å². The zero-order valence-corrected chi connectivity index (χ0v) is 10.0. The first-order valence-electron chi connectivity index (χ1n) is 6.25. The summed E-state index contributed by atoms with van der Waals surface area (Å²) in [5, 5.41) is 4.17. The van der Waals surface area contributed by atoms with Gasteiger partial charge in [-0.2, -0.15) is 0 Å². The monoisotopic (exact) mass is 229 g/mol. The van der Waals surface area contributed by atoms with E-state index in [0.717, 1.165) is 12.1 Å². The molecule has 1 fully saturated rings. The summed E-state index contributed by atoms with van der Waals surface area (Å²) in [6.45, 7) is 4.21. The fraction of sp³-hybridized carbons (Fsp3) is 0.500. The second-order valence-corrected chi connectivity index (χ2v) is 5.15. The van der Waals surface area contributed by atoms with E-state index >= 15 is 0 Å². The van der Waals surface area contributed by atoms with Gasteiger partial charge in [-0.3, -0.25) is 0 Å². The summed E-state index contributed by atoms with van der Waals surface area (Å²) in [4.78, 5) is 5.64. The molecular weight excluding hydrogens is 214 g/mol. The molecule has 2 bridgehead atoms. The molecule has 0 aliphatic carbocycles. The topological polar surface area (TPSA) is 30.8 Å². The van der Waals surface area contributed by atoms with E-state index in [0.29, 0.717) is 5.92 Å². The number of nitrogens with zero attached hydrogens (tertiary/aromatic N) is 1. The summed E-state index contributed by atoms with van der Waals surface area (Å²) in [7, 11) is 0. The van der Waals surface area contributed by atoms with Crippen LogP contribution in [0.3, 0.4) is 0 Å². The lowest BCUT2D eigenvalue weighted by Crippen LogP contribution is -2.40. The van der Waals surface area contributed by atoms with Gasteiger partial charge >= 0.3 is 0 Å². The molecule has 0 spiro atoms. The van der Waals surface area contributed by atoms with Crippen LogP contribution in [0.15, 0.2) is 29.4 Å². The third kappa shape index (κ3) is 0.914. The van der Waals surface area contributed by atoms with Gasteiger partial charge in [-0.25, -0.2) is 0 Å². The van der Waals surface area contributed by atoms with Crippen molar-refractivity contribution in [3.05, 3.63) is 35.4 Å². The smallest absolute Gasteiger partial charge is 0.171 e. The van der Waals surface area contributed by atoms with Crippen LogP contribution in [0.4, 0.5) is 0 Å². The predicted octanol–water partition coefficient (Wildman–Crippen LogP) is 2.77. The molecule has 0 radical (unpaired) electrons. The largest absolute Gasteiger partial charge is 0.388 e. The molecule has 4 rings (SSSR count). The molecule has 0 saturated carbocycles. The maximum absolute atomic E-state index is 6.31. The van der Waals surface area contributed by atoms with Crippen molar-refractivity contribution in [3.63, 3.8) is 0 Å². The summed E-state index contributed by atoms with van der Waals surface area (Å²) < 4.78 is 6.31. The van der Waals surface area contributed by atoms with Crippen LogP contribution in [0, 0.1) is 5.92 Å². The minimum Gasteiger partial charge on any atom is -0.388 e. The van der Waals surface area contributed by atoms with Crippen molar-refractivity contribution in [2.45, 2.75) is 38.1 Å². The molecule has 3 aliphatic heterocycles. The van der Waals surface area contributed by atoms with Gasteiger partial charge in [-0.05, 0) is 24.5 Å². The highest BCUT2D eigenvalue weighted by molar-refractivity contribution is 5.87. The van der Waals surface area contributed by atoms with E-state index < -0.39 is 0 Å². The van der Waals surface area contributed by atoms with Crippen molar-refractivity contribution in [1.29, 1.82) is 0 Å². The van der Waals surface area contributed by atoms with Crippen LogP contribution in [0.2, 0.25) is 0 Å². The lowest BCUT2D eigenvalue weighted by Gasteiger charge is -2.31. The van der Waals surface area contributed by atoms with Gasteiger partial charge in [-0.1, -0.05) is 36.3 Å². The SMILES string of the molecule is CC[C@@]12O[C@@H](c3ccccc31)[C@@H]1C(C)=NO[C@@H]12. The van der Waals surface area contributed by atoms with Gasteiger partial charge in [0, 0.05) is 0 Å². The summed E-state index contributed by atoms with van der Waals surface area (Å²) >= 11 is 0. The fourth-order valence-corrected chi connectivity index (χ4v) is 3.68. The Bertz CT molecular complexity index is 525. The van der Waals surface area contributed by atoms with Crippen LogP contribution >= 0.6 is 0 Å². The third-order valence-corrected chi connectivity index (χ3v) is 4.49. The molecule has 3 nitrogen and oxygen atoms in total. The molecule has 0 amide bonds. The Hall–Kier alpha value is -1.35. The predicted molar refractivity (Wildman–Crippen MR) is 63.7 cm³/mol. The Morgan fingerprint density at radius 1 is 1.35 bits per heavy atom. The van der Waals surface area contributed by atoms with Crippen LogP contribution in [0.5, 0.6) is 0 Å². The third-order valence-electron chi connectivity index (χ3n) is 4.49. The summed E-state index contributed by atoms with van der Waals surface area (Å²) in [6.07, 6.45) is 1.15. The first-order chi connectivity index (χ1) is 8.28. The molecule has 3 heterocycles. The molecule has 0 N–H and O–H groups in total. The first kappa shape index (κ1) is 9.66. The summed E-state index contributed by atoms with van der Waals surface area (Å²) in [5.74, 6) is 0.310. The number of hydrogen-bond donors (Lipinski definition) is 0. The zero-order chi connectivity index (χ0) is 11.6. The van der Waals surface area contributed by atoms with Crippen molar-refractivity contribution in [2.75, 3.05) is 0 Å². The number of rotatable bonds is 1. The van der Waals surface area contributed by atoms with Gasteiger partial charge in [0.05, 0.1) is 17.7 Å². The highest BCUT2D eigenvalue weighted by Crippen LogP contribution is 2.61. The fourth-order valence-electron chi connectivity index (χ4n) is 3.68. The molecule has 17 heavy (non-hydrogen) atoms. The summed E-state index contributed by atoms with van der Waals surface area (Å²) in [5.41, 5.74) is 3.44. The maximum atomic E-state index is 6.31. The Kier molecular flexibility index (Phi) is 1.65. The molecule has 88 valence electrons. The number of oxime groups is 1. The molecule has 3 heteroatoms. The highest BCUT2D eigenvalue weighted by atomic mass is 16.7. The van der Waals surface area contributed by atoms with Crippen molar-refractivity contribution in [3.8, 4) is 0 Å². The molecule has 0 aromatic heterocycles. The van der Waals surface area contributed by atoms with E-state index in [1.54, 1.807) is 0 Å². The average Bonchev–Trinajstić information content (AvgIpc) is 2.99. The number of hydrogen-bond acceptors (Lipinski definition) is 3. The van der Waals surface area contributed by atoms with Gasteiger partial charge < -0.3 is 9.57 Å². The number of fused-ring (bicyclic) bond motifs is 8. The minimum absolute atomic E-state index is 0.0763. The van der Waals surface area contributed by atoms with Gasteiger partial charge in [0.15, 0.2) is 6.10 Å². The van der Waals surface area contributed by atoms with E-state index in [1.807, 2.05) is 6.92 Å². The molecule has 4 atom stereocenters. The van der Waals surface area contributed by atoms with E-state index in [1.165, 1.54) is 11.1 Å². The van der Waals surface area contributed by atoms with Gasteiger partial charge in [0.2, 0.25) is 0 Å². The minimum atomic E-state index is -0.271. The van der Waals surface area contributed by atoms with Crippen LogP contribution in [-0.4, -0.2) is 11.8 Å². The van der Waals surface area contributed by atoms with Gasteiger partial charge in [0.1, 0.15) is 5.60 Å². The maximum Gasteiger partial charge on any atom is 0.171 e. The lowest BCUT2D eigenvalue weighted by atomic mass is 9.72. The van der Waals surface area contributed by atoms with Crippen molar-refractivity contribution in [2.24, 2.45) is 11.1 Å². The van der Waals surface area contributed by atoms with Crippen LogP contribution in [-0.2, 0) is 15.2 Å². The second-order valence-electron chi connectivity index (χ2n) is 5.15. The van der Waals surface area contributed by atoms with Crippen LogP contribution < -0.4 is 0 Å². The Morgan fingerprint density at radius 2 is 2.18 bits per heavy atom. The van der Waals surface area contributed by atoms with Crippen molar-refractivity contribution < 1.29 is 9.57 Å². The molecule has 0 unspecified atom stereocenters. The summed E-state index contributed by atoms with van der Waals surface area (Å²) in [6, 6.07) is 8.52. The first-order valence-corrected chi connectivity index (χ1v) is 6.25. The number of ether oxygens (including phenoxy) is 1. The van der Waals surface area contributed by atoms with Gasteiger partial charge in [0.25, 0.3) is 0 Å². The standard InChI is InChI=1S/C14H15NO2/c1-3-14-10-7-5-4-6-9(10)12(16-14)11-8(2)15-17-13(11)14/h4-7,11-13H,3H2,1-2H3/t11-,12-,13-,14+/m0/s1. The molecule has 1 aromatic carbocycles. The Balaban J connectivity index is 1.95. The average molecular weight is 229 g/mol. The van der Waals surface area contributed by atoms with E-state index in [-0.39, 0.29) is 17.8 Å².